The second kappa shape index (κ2) is 29.3. The molecular weight excluding hydrogens is 1550 g/mol. The average Bonchev–Trinajstić information content (AvgIpc) is 1.60. The number of pyridine rings is 2. The summed E-state index contributed by atoms with van der Waals surface area (Å²) >= 11 is 0. The number of aliphatic hydroxyl groups excluding tert-OH is 1. The number of hydrogen-bond acceptors (Lipinski definition) is 6. The van der Waals surface area contributed by atoms with Gasteiger partial charge in [0.05, 0.1) is 0 Å². The number of aliphatic hydroxyl groups is 1. The van der Waals surface area contributed by atoms with Crippen LogP contribution < -0.4 is 9.47 Å². The van der Waals surface area contributed by atoms with Gasteiger partial charge in [-0.05, 0) is 218 Å². The summed E-state index contributed by atoms with van der Waals surface area (Å²) in [6, 6.07) is 93.9. The van der Waals surface area contributed by atoms with Crippen molar-refractivity contribution in [3.05, 3.63) is 371 Å². The van der Waals surface area contributed by atoms with E-state index in [0.29, 0.717) is 22.9 Å². The Hall–Kier alpha value is -11.9. The average molecular weight is 1630 g/mol. The number of fused-ring (bicyclic) bond motifs is 12. The Morgan fingerprint density at radius 1 is 0.355 bits per heavy atom. The molecule has 4 aliphatic rings. The SMILES string of the molecule is CC1(C)c2ccccc2-c2ccc(-c3ccc4c(c3)C(C)(C)c3cc(-c5ccc(OCC(=O)/C=C(\O)COc6ccc(-c7ccc8c(c7)C(C)(C)c7cc(-c9ccc%10c(c9)C(C)(C)c9ccccc9-%10)ccc7-8)cc6)cc5)ccc3-4)cc21.Fc1c[c-]c(-c2ccccn2)c(F)c1.Fc1c[c-]c(-c2ccccn2)c(F)c1.[Ir]. The zero-order chi connectivity index (χ0) is 75.7. The Balaban J connectivity index is 0.000000275. The van der Waals surface area contributed by atoms with Gasteiger partial charge in [0.25, 0.3) is 0 Å². The fraction of sp³-hybridized carbons (Fsp3) is 0.141. The molecule has 1 N–H and O–H groups in total. The number of carbonyl (C=O) groups excluding carboxylic acids is 1. The molecule has 545 valence electrons. The second-order valence-electron chi connectivity index (χ2n) is 30.4. The van der Waals surface area contributed by atoms with E-state index in [9.17, 15) is 27.5 Å². The summed E-state index contributed by atoms with van der Waals surface area (Å²) in [6.45, 7) is 18.3. The summed E-state index contributed by atoms with van der Waals surface area (Å²) in [4.78, 5) is 20.9. The van der Waals surface area contributed by atoms with Gasteiger partial charge < -0.3 is 24.5 Å². The summed E-state index contributed by atoms with van der Waals surface area (Å²) in [5.74, 6) is -1.94. The number of nitrogens with zero attached hydrogens (tertiary/aromatic N) is 2. The molecule has 6 nitrogen and oxygen atoms in total. The number of ether oxygens (including phenoxy) is 2. The Labute approximate surface area is 652 Å². The van der Waals surface area contributed by atoms with Crippen LogP contribution in [0.5, 0.6) is 11.5 Å². The molecule has 0 amide bonds. The van der Waals surface area contributed by atoms with Crippen molar-refractivity contribution in [2.75, 3.05) is 13.2 Å². The van der Waals surface area contributed by atoms with E-state index in [-0.39, 0.29) is 77.6 Å². The Morgan fingerprint density at radius 2 is 0.636 bits per heavy atom. The summed E-state index contributed by atoms with van der Waals surface area (Å²) in [6.07, 6.45) is 4.28. The summed E-state index contributed by atoms with van der Waals surface area (Å²) in [7, 11) is 0. The molecule has 12 aromatic carbocycles. The van der Waals surface area contributed by atoms with Gasteiger partial charge in [0, 0.05) is 83.5 Å². The van der Waals surface area contributed by atoms with Crippen LogP contribution in [-0.2, 0) is 46.6 Å². The van der Waals surface area contributed by atoms with Crippen LogP contribution in [0.4, 0.5) is 17.6 Å². The molecule has 0 spiro atoms. The minimum atomic E-state index is -0.649. The van der Waals surface area contributed by atoms with Crippen LogP contribution in [0.2, 0.25) is 0 Å². The summed E-state index contributed by atoms with van der Waals surface area (Å²) in [5.41, 5.74) is 31.4. The van der Waals surface area contributed by atoms with Crippen molar-refractivity contribution in [2.24, 2.45) is 0 Å². The van der Waals surface area contributed by atoms with E-state index >= 15 is 0 Å². The third-order valence-corrected chi connectivity index (χ3v) is 22.2. The van der Waals surface area contributed by atoms with Crippen molar-refractivity contribution in [2.45, 2.75) is 77.0 Å². The van der Waals surface area contributed by atoms with Gasteiger partial charge in [-0.1, -0.05) is 249 Å². The van der Waals surface area contributed by atoms with Gasteiger partial charge in [0.1, 0.15) is 23.9 Å². The summed E-state index contributed by atoms with van der Waals surface area (Å²) in [5, 5.41) is 10.7. The second-order valence-corrected chi connectivity index (χ2v) is 30.4. The van der Waals surface area contributed by atoms with Crippen LogP contribution >= 0.6 is 0 Å². The molecule has 1 radical (unpaired) electrons. The molecule has 0 saturated carbocycles. The largest absolute Gasteiger partial charge is 0.509 e. The van der Waals surface area contributed by atoms with Gasteiger partial charge in [0.15, 0.2) is 12.4 Å². The molecule has 0 aliphatic heterocycles. The number of ketones is 1. The zero-order valence-electron chi connectivity index (χ0n) is 62.0. The number of benzene rings is 12. The zero-order valence-corrected chi connectivity index (χ0v) is 64.4. The molecule has 18 rings (SSSR count). The van der Waals surface area contributed by atoms with Crippen molar-refractivity contribution >= 4 is 5.78 Å². The number of aromatic nitrogens is 2. The molecule has 11 heteroatoms. The van der Waals surface area contributed by atoms with E-state index in [0.717, 1.165) is 46.5 Å². The van der Waals surface area contributed by atoms with E-state index in [2.05, 4.69) is 235 Å². The Morgan fingerprint density at radius 3 is 0.955 bits per heavy atom. The summed E-state index contributed by atoms with van der Waals surface area (Å²) < 4.78 is 63.4. The smallest absolute Gasteiger partial charge is 0.196 e. The van der Waals surface area contributed by atoms with Gasteiger partial charge >= 0.3 is 0 Å². The quantitative estimate of drug-likeness (QED) is 0.0536. The van der Waals surface area contributed by atoms with Gasteiger partial charge in [0.2, 0.25) is 0 Å². The van der Waals surface area contributed by atoms with Crippen LogP contribution in [0, 0.1) is 35.4 Å². The molecule has 14 aromatic rings. The third kappa shape index (κ3) is 13.7. The van der Waals surface area contributed by atoms with E-state index in [1.54, 1.807) is 48.8 Å². The standard InChI is InChI=1S/C77H64O4.2C11H6F2N.Ir/c1-74(2)66-15-11-9-13-58(66)60-33-23-50(39-68(60)74)52-25-35-64-62-31-21-48(37-70(62)76(5,6)72(64)41-52)46-17-27-56(28-18-46)80-44-54(78)43-55(79)45-81-57-29-19-47(20-30-57)49-22-32-63-65-36-26-53(42-73(65)77(7,8)71(63)38-49)51-24-34-61-59-14-10-12-16-67(59)75(3,4)69(61)40-51;2*12-8-4-5-9(10(13)7-8)11-3-1-2-6-14-11;/h9-43,78H,44-45H2,1-8H3;2*1-4,6-7H;/q;2*-1;/b54-43-;;;. The van der Waals surface area contributed by atoms with Crippen LogP contribution in [0.15, 0.2) is 291 Å². The molecule has 0 fully saturated rings. The predicted molar refractivity (Wildman–Crippen MR) is 428 cm³/mol. The molecule has 0 saturated heterocycles. The fourth-order valence-electron chi connectivity index (χ4n) is 16.3. The van der Waals surface area contributed by atoms with Gasteiger partial charge in [-0.25, -0.2) is 0 Å². The molecular formula is C99H76F4IrN2O4-2. The maximum absolute atomic E-state index is 13.2. The number of carbonyl (C=O) groups is 1. The van der Waals surface area contributed by atoms with Crippen molar-refractivity contribution in [3.63, 3.8) is 0 Å². The van der Waals surface area contributed by atoms with Crippen molar-refractivity contribution in [1.82, 2.24) is 9.97 Å². The van der Waals surface area contributed by atoms with E-state index in [1.807, 2.05) is 48.5 Å². The van der Waals surface area contributed by atoms with Crippen molar-refractivity contribution in [1.29, 1.82) is 0 Å². The van der Waals surface area contributed by atoms with E-state index in [4.69, 9.17) is 9.47 Å². The van der Waals surface area contributed by atoms with Crippen LogP contribution in [0.1, 0.15) is 99.9 Å². The Kier molecular flexibility index (Phi) is 19.6. The van der Waals surface area contributed by atoms with Crippen molar-refractivity contribution < 1.29 is 57.0 Å². The first-order valence-corrected chi connectivity index (χ1v) is 36.5. The van der Waals surface area contributed by atoms with Crippen LogP contribution in [0.25, 0.3) is 112 Å². The first kappa shape index (κ1) is 73.6. The van der Waals surface area contributed by atoms with Crippen LogP contribution in [-0.4, -0.2) is 34.1 Å². The molecule has 2 heterocycles. The third-order valence-electron chi connectivity index (χ3n) is 22.2. The number of rotatable bonds is 13. The topological polar surface area (TPSA) is 81.5 Å². The molecule has 110 heavy (non-hydrogen) atoms. The van der Waals surface area contributed by atoms with Gasteiger partial charge in [-0.3, -0.25) is 22.4 Å². The normalized spacial score (nSPS) is 14.1. The van der Waals surface area contributed by atoms with E-state index < -0.39 is 23.3 Å². The fourth-order valence-corrected chi connectivity index (χ4v) is 16.3. The minimum Gasteiger partial charge on any atom is -0.509 e. The van der Waals surface area contributed by atoms with Crippen LogP contribution in [0.3, 0.4) is 0 Å². The molecule has 0 atom stereocenters. The first-order chi connectivity index (χ1) is 52.5. The minimum absolute atomic E-state index is 0. The van der Waals surface area contributed by atoms with Gasteiger partial charge in [-0.2, -0.15) is 0 Å². The predicted octanol–water partition coefficient (Wildman–Crippen LogP) is 24.7. The molecule has 4 aliphatic carbocycles. The maximum atomic E-state index is 13.2. The molecule has 0 bridgehead atoms. The number of hydrogen-bond donors (Lipinski definition) is 1. The van der Waals surface area contributed by atoms with E-state index in [1.165, 1.54) is 117 Å². The van der Waals surface area contributed by atoms with Gasteiger partial charge in [-0.15, -0.1) is 24.3 Å². The number of halogens is 4. The maximum Gasteiger partial charge on any atom is 0.196 e. The molecule has 0 unspecified atom stereocenters. The van der Waals surface area contributed by atoms with Crippen molar-refractivity contribution in [3.8, 4) is 123 Å². The first-order valence-electron chi connectivity index (χ1n) is 36.5. The monoisotopic (exact) mass is 1630 g/mol. The Bertz CT molecular complexity index is 5860. The molecule has 2 aromatic heterocycles.